The van der Waals surface area contributed by atoms with Gasteiger partial charge in [-0.15, -0.1) is 22.7 Å². The van der Waals surface area contributed by atoms with Crippen LogP contribution in [0.2, 0.25) is 0 Å². The topological polar surface area (TPSA) is 87.7 Å². The lowest BCUT2D eigenvalue weighted by Gasteiger charge is -2.34. The van der Waals surface area contributed by atoms with Crippen LogP contribution in [0.5, 0.6) is 5.75 Å². The standard InChI is InChI=1S/C26H31N3O4S2/c1-5-26(2,3)28-25(32)23(18-10-12-19(33-4)13-11-18)29(17-20-8-6-14-34-20)22(30)16-27-24(31)21-9-7-15-35-21/h6-15,23H,5,16-17H2,1-4H3,(H,27,31)(H,28,32). The minimum absolute atomic E-state index is 0.223. The summed E-state index contributed by atoms with van der Waals surface area (Å²) in [6, 6.07) is 13.6. The minimum Gasteiger partial charge on any atom is -0.497 e. The fraction of sp³-hybridized carbons (Fsp3) is 0.346. The van der Waals surface area contributed by atoms with Gasteiger partial charge in [0.25, 0.3) is 5.91 Å². The van der Waals surface area contributed by atoms with Crippen molar-refractivity contribution in [3.05, 3.63) is 74.6 Å². The maximum atomic E-state index is 13.7. The normalized spacial score (nSPS) is 12.0. The highest BCUT2D eigenvalue weighted by molar-refractivity contribution is 7.12. The first-order chi connectivity index (χ1) is 16.7. The molecule has 0 spiro atoms. The molecule has 1 unspecified atom stereocenters. The van der Waals surface area contributed by atoms with Gasteiger partial charge in [-0.2, -0.15) is 0 Å². The first-order valence-electron chi connectivity index (χ1n) is 11.3. The quantitative estimate of drug-likeness (QED) is 0.392. The van der Waals surface area contributed by atoms with Gasteiger partial charge in [0.1, 0.15) is 11.8 Å². The lowest BCUT2D eigenvalue weighted by molar-refractivity contribution is -0.141. The molecule has 1 aromatic carbocycles. The van der Waals surface area contributed by atoms with Crippen molar-refractivity contribution in [1.82, 2.24) is 15.5 Å². The average molecular weight is 514 g/mol. The predicted octanol–water partition coefficient (Wildman–Crippen LogP) is 4.62. The van der Waals surface area contributed by atoms with Gasteiger partial charge in [-0.05, 0) is 60.9 Å². The summed E-state index contributed by atoms with van der Waals surface area (Å²) in [4.78, 5) is 42.6. The van der Waals surface area contributed by atoms with E-state index in [0.717, 1.165) is 11.3 Å². The number of nitrogens with one attached hydrogen (secondary N) is 2. The molecule has 0 aliphatic heterocycles. The van der Waals surface area contributed by atoms with Gasteiger partial charge >= 0.3 is 0 Å². The van der Waals surface area contributed by atoms with Crippen LogP contribution >= 0.6 is 22.7 Å². The smallest absolute Gasteiger partial charge is 0.261 e. The molecule has 35 heavy (non-hydrogen) atoms. The van der Waals surface area contributed by atoms with Crippen LogP contribution in [-0.4, -0.2) is 41.8 Å². The SMILES string of the molecule is CCC(C)(C)NC(=O)C(c1ccc(OC)cc1)N(Cc1cccs1)C(=O)CNC(=O)c1cccs1. The Morgan fingerprint density at radius 1 is 1.03 bits per heavy atom. The fourth-order valence-electron chi connectivity index (χ4n) is 3.40. The van der Waals surface area contributed by atoms with Gasteiger partial charge in [-0.1, -0.05) is 31.2 Å². The molecule has 0 radical (unpaired) electrons. The second kappa shape index (κ2) is 12.0. The van der Waals surface area contributed by atoms with Crippen molar-refractivity contribution in [2.75, 3.05) is 13.7 Å². The Balaban J connectivity index is 1.94. The van der Waals surface area contributed by atoms with Crippen LogP contribution in [0, 0.1) is 0 Å². The van der Waals surface area contributed by atoms with Crippen LogP contribution in [0.25, 0.3) is 0 Å². The molecule has 0 aliphatic rings. The number of rotatable bonds is 11. The van der Waals surface area contributed by atoms with E-state index in [-0.39, 0.29) is 30.8 Å². The average Bonchev–Trinajstić information content (AvgIpc) is 3.56. The molecule has 0 aliphatic carbocycles. The van der Waals surface area contributed by atoms with Gasteiger partial charge in [-0.3, -0.25) is 14.4 Å². The summed E-state index contributed by atoms with van der Waals surface area (Å²) in [5.74, 6) is -0.298. The molecule has 9 heteroatoms. The Kier molecular flexibility index (Phi) is 9.06. The zero-order valence-electron chi connectivity index (χ0n) is 20.4. The number of ether oxygens (including phenoxy) is 1. The third-order valence-electron chi connectivity index (χ3n) is 5.71. The van der Waals surface area contributed by atoms with Crippen LogP contribution in [0.1, 0.15) is 53.3 Å². The Morgan fingerprint density at radius 2 is 1.71 bits per heavy atom. The van der Waals surface area contributed by atoms with Crippen molar-refractivity contribution in [2.45, 2.75) is 45.3 Å². The molecule has 3 aromatic rings. The summed E-state index contributed by atoms with van der Waals surface area (Å²) in [7, 11) is 1.58. The van der Waals surface area contributed by atoms with Crippen LogP contribution in [0.15, 0.2) is 59.3 Å². The minimum atomic E-state index is -0.889. The van der Waals surface area contributed by atoms with Crippen LogP contribution in [-0.2, 0) is 16.1 Å². The van der Waals surface area contributed by atoms with Gasteiger partial charge in [0, 0.05) is 10.4 Å². The highest BCUT2D eigenvalue weighted by Gasteiger charge is 2.34. The van der Waals surface area contributed by atoms with E-state index in [2.05, 4.69) is 10.6 Å². The Labute approximate surface area is 214 Å². The number of benzene rings is 1. The molecule has 3 rings (SSSR count). The Bertz CT molecular complexity index is 1110. The molecule has 7 nitrogen and oxygen atoms in total. The number of hydrogen-bond donors (Lipinski definition) is 2. The maximum absolute atomic E-state index is 13.7. The molecular weight excluding hydrogens is 482 g/mol. The van der Waals surface area contributed by atoms with Crippen molar-refractivity contribution < 1.29 is 19.1 Å². The van der Waals surface area contributed by atoms with Crippen LogP contribution in [0.4, 0.5) is 0 Å². The lowest BCUT2D eigenvalue weighted by atomic mass is 9.98. The van der Waals surface area contributed by atoms with E-state index in [1.54, 1.807) is 48.9 Å². The van der Waals surface area contributed by atoms with E-state index >= 15 is 0 Å². The van der Waals surface area contributed by atoms with Crippen LogP contribution in [0.3, 0.4) is 0 Å². The van der Waals surface area contributed by atoms with E-state index < -0.39 is 11.6 Å². The number of nitrogens with zero attached hydrogens (tertiary/aromatic N) is 1. The third kappa shape index (κ3) is 7.16. The second-order valence-electron chi connectivity index (χ2n) is 8.66. The van der Waals surface area contributed by atoms with E-state index in [1.807, 2.05) is 38.3 Å². The Morgan fingerprint density at radius 3 is 2.29 bits per heavy atom. The van der Waals surface area contributed by atoms with Gasteiger partial charge in [-0.25, -0.2) is 0 Å². The first-order valence-corrected chi connectivity index (χ1v) is 13.1. The van der Waals surface area contributed by atoms with E-state index in [4.69, 9.17) is 4.74 Å². The van der Waals surface area contributed by atoms with Gasteiger partial charge < -0.3 is 20.3 Å². The molecule has 1 atom stereocenters. The van der Waals surface area contributed by atoms with E-state index in [1.165, 1.54) is 27.6 Å². The summed E-state index contributed by atoms with van der Waals surface area (Å²) < 4.78 is 5.27. The number of carbonyl (C=O) groups is 3. The predicted molar refractivity (Wildman–Crippen MR) is 140 cm³/mol. The molecular formula is C26H31N3O4S2. The van der Waals surface area contributed by atoms with Crippen molar-refractivity contribution in [2.24, 2.45) is 0 Å². The zero-order valence-corrected chi connectivity index (χ0v) is 22.0. The molecule has 2 N–H and O–H groups in total. The van der Waals surface area contributed by atoms with Crippen molar-refractivity contribution >= 4 is 40.4 Å². The maximum Gasteiger partial charge on any atom is 0.261 e. The number of methoxy groups -OCH3 is 1. The number of hydrogen-bond acceptors (Lipinski definition) is 6. The molecule has 0 bridgehead atoms. The third-order valence-corrected chi connectivity index (χ3v) is 7.44. The van der Waals surface area contributed by atoms with Gasteiger partial charge in [0.15, 0.2) is 0 Å². The van der Waals surface area contributed by atoms with Gasteiger partial charge in [0.05, 0.1) is 25.1 Å². The highest BCUT2D eigenvalue weighted by atomic mass is 32.1. The lowest BCUT2D eigenvalue weighted by Crippen LogP contribution is -2.51. The monoisotopic (exact) mass is 513 g/mol. The van der Waals surface area contributed by atoms with Crippen molar-refractivity contribution in [1.29, 1.82) is 0 Å². The zero-order chi connectivity index (χ0) is 25.4. The molecule has 186 valence electrons. The summed E-state index contributed by atoms with van der Waals surface area (Å²) in [6.07, 6.45) is 0.726. The molecule has 2 aromatic heterocycles. The van der Waals surface area contributed by atoms with Crippen molar-refractivity contribution in [3.8, 4) is 5.75 Å². The molecule has 0 saturated heterocycles. The molecule has 0 fully saturated rings. The summed E-state index contributed by atoms with van der Waals surface area (Å²) in [5.41, 5.74) is 0.206. The first kappa shape index (κ1) is 26.4. The summed E-state index contributed by atoms with van der Waals surface area (Å²) in [5, 5.41) is 9.52. The highest BCUT2D eigenvalue weighted by Crippen LogP contribution is 2.28. The Hall–Kier alpha value is -3.17. The summed E-state index contributed by atoms with van der Waals surface area (Å²) in [6.45, 7) is 5.91. The van der Waals surface area contributed by atoms with Crippen molar-refractivity contribution in [3.63, 3.8) is 0 Å². The largest absolute Gasteiger partial charge is 0.497 e. The second-order valence-corrected chi connectivity index (χ2v) is 10.6. The molecule has 3 amide bonds. The van der Waals surface area contributed by atoms with E-state index in [9.17, 15) is 14.4 Å². The number of amides is 3. The van der Waals surface area contributed by atoms with Crippen LogP contribution < -0.4 is 15.4 Å². The number of thiophene rings is 2. The van der Waals surface area contributed by atoms with Gasteiger partial charge in [0.2, 0.25) is 11.8 Å². The molecule has 0 saturated carbocycles. The fourth-order valence-corrected chi connectivity index (χ4v) is 4.74. The molecule has 2 heterocycles. The summed E-state index contributed by atoms with van der Waals surface area (Å²) >= 11 is 2.81. The number of carbonyl (C=O) groups excluding carboxylic acids is 3. The van der Waals surface area contributed by atoms with E-state index in [0.29, 0.717) is 16.2 Å².